The summed E-state index contributed by atoms with van der Waals surface area (Å²) in [6.07, 6.45) is 1.25. The van der Waals surface area contributed by atoms with E-state index < -0.39 is 4.92 Å². The highest BCUT2D eigenvalue weighted by Crippen LogP contribution is 2.35. The zero-order valence-corrected chi connectivity index (χ0v) is 11.2. The third-order valence-electron chi connectivity index (χ3n) is 2.17. The molecule has 1 aromatic heterocycles. The summed E-state index contributed by atoms with van der Waals surface area (Å²) in [6, 6.07) is 3.95. The Kier molecular flexibility index (Phi) is 4.18. The molecule has 0 bridgehead atoms. The predicted octanol–water partition coefficient (Wildman–Crippen LogP) is 2.77. The Labute approximate surface area is 122 Å². The standard InChI is InChI=1S/C10H7Cl2N5O3/c11-5-1-2-8(7(3-5)17(18)19)20-9-6(12)4-14-10(15-9)16-13/h1-4H,13H2,(H,14,15,16). The predicted molar refractivity (Wildman–Crippen MR) is 73.0 cm³/mol. The molecule has 20 heavy (non-hydrogen) atoms. The Morgan fingerprint density at radius 1 is 1.40 bits per heavy atom. The van der Waals surface area contributed by atoms with Gasteiger partial charge in [0.25, 0.3) is 0 Å². The molecule has 0 fully saturated rings. The molecule has 0 unspecified atom stereocenters. The van der Waals surface area contributed by atoms with Crippen molar-refractivity contribution in [3.05, 3.63) is 44.6 Å². The molecule has 0 amide bonds. The average molecular weight is 316 g/mol. The minimum Gasteiger partial charge on any atom is -0.430 e. The molecule has 0 saturated carbocycles. The lowest BCUT2D eigenvalue weighted by Crippen LogP contribution is -2.10. The average Bonchev–Trinajstić information content (AvgIpc) is 2.42. The molecule has 0 radical (unpaired) electrons. The quantitative estimate of drug-likeness (QED) is 0.506. The molecule has 0 atom stereocenters. The number of nitrogens with one attached hydrogen (secondary N) is 1. The third kappa shape index (κ3) is 3.05. The van der Waals surface area contributed by atoms with Gasteiger partial charge in [0.15, 0.2) is 0 Å². The van der Waals surface area contributed by atoms with Gasteiger partial charge in [0, 0.05) is 11.1 Å². The van der Waals surface area contributed by atoms with Crippen molar-refractivity contribution >= 4 is 34.8 Å². The van der Waals surface area contributed by atoms with Gasteiger partial charge in [0.05, 0.1) is 11.1 Å². The molecule has 0 aliphatic carbocycles. The van der Waals surface area contributed by atoms with E-state index in [1.165, 1.54) is 18.3 Å². The first kappa shape index (κ1) is 14.3. The molecule has 1 heterocycles. The van der Waals surface area contributed by atoms with Gasteiger partial charge in [-0.1, -0.05) is 23.2 Å². The van der Waals surface area contributed by atoms with Crippen molar-refractivity contribution in [3.63, 3.8) is 0 Å². The number of anilines is 1. The van der Waals surface area contributed by atoms with E-state index in [0.29, 0.717) is 0 Å². The number of hydrazine groups is 1. The monoisotopic (exact) mass is 315 g/mol. The van der Waals surface area contributed by atoms with Crippen molar-refractivity contribution in [2.75, 3.05) is 5.43 Å². The molecule has 8 nitrogen and oxygen atoms in total. The zero-order chi connectivity index (χ0) is 14.7. The van der Waals surface area contributed by atoms with Gasteiger partial charge in [-0.3, -0.25) is 15.5 Å². The van der Waals surface area contributed by atoms with E-state index in [1.54, 1.807) is 0 Å². The lowest BCUT2D eigenvalue weighted by atomic mass is 10.3. The van der Waals surface area contributed by atoms with Crippen LogP contribution in [0.2, 0.25) is 10.0 Å². The van der Waals surface area contributed by atoms with Crippen LogP contribution in [0.5, 0.6) is 11.6 Å². The lowest BCUT2D eigenvalue weighted by molar-refractivity contribution is -0.385. The maximum atomic E-state index is 10.9. The molecule has 1 aromatic carbocycles. The van der Waals surface area contributed by atoms with E-state index in [4.69, 9.17) is 33.8 Å². The number of hydrogen-bond donors (Lipinski definition) is 2. The summed E-state index contributed by atoms with van der Waals surface area (Å²) >= 11 is 11.6. The second-order valence-corrected chi connectivity index (χ2v) is 4.31. The summed E-state index contributed by atoms with van der Waals surface area (Å²) in [7, 11) is 0. The van der Waals surface area contributed by atoms with E-state index in [2.05, 4.69) is 15.4 Å². The van der Waals surface area contributed by atoms with E-state index in [0.717, 1.165) is 6.07 Å². The summed E-state index contributed by atoms with van der Waals surface area (Å²) in [5.74, 6) is 5.10. The van der Waals surface area contributed by atoms with Gasteiger partial charge in [-0.2, -0.15) is 4.98 Å². The SMILES string of the molecule is NNc1ncc(Cl)c(Oc2ccc(Cl)cc2[N+](=O)[O-])n1. The van der Waals surface area contributed by atoms with Crippen LogP contribution in [0.3, 0.4) is 0 Å². The van der Waals surface area contributed by atoms with Crippen LogP contribution in [0.4, 0.5) is 11.6 Å². The fourth-order valence-corrected chi connectivity index (χ4v) is 1.61. The van der Waals surface area contributed by atoms with Gasteiger partial charge < -0.3 is 4.74 Å². The van der Waals surface area contributed by atoms with Crippen molar-refractivity contribution in [2.24, 2.45) is 5.84 Å². The van der Waals surface area contributed by atoms with Crippen molar-refractivity contribution in [1.29, 1.82) is 0 Å². The van der Waals surface area contributed by atoms with Crippen LogP contribution in [0, 0.1) is 10.1 Å². The van der Waals surface area contributed by atoms with Crippen LogP contribution in [-0.4, -0.2) is 14.9 Å². The number of aromatic nitrogens is 2. The Bertz CT molecular complexity index is 667. The Morgan fingerprint density at radius 2 is 2.15 bits per heavy atom. The summed E-state index contributed by atoms with van der Waals surface area (Å²) in [6.45, 7) is 0. The molecule has 0 spiro atoms. The van der Waals surface area contributed by atoms with Crippen LogP contribution >= 0.6 is 23.2 Å². The number of nitro groups is 1. The highest BCUT2D eigenvalue weighted by atomic mass is 35.5. The number of ether oxygens (including phenoxy) is 1. The van der Waals surface area contributed by atoms with Crippen LogP contribution in [-0.2, 0) is 0 Å². The highest BCUT2D eigenvalue weighted by Gasteiger charge is 2.18. The molecule has 0 saturated heterocycles. The van der Waals surface area contributed by atoms with Gasteiger partial charge >= 0.3 is 5.69 Å². The van der Waals surface area contributed by atoms with Crippen molar-refractivity contribution in [3.8, 4) is 11.6 Å². The number of hydrogen-bond acceptors (Lipinski definition) is 7. The normalized spacial score (nSPS) is 10.2. The molecule has 104 valence electrons. The number of benzene rings is 1. The first-order chi connectivity index (χ1) is 9.51. The molecule has 0 aliphatic heterocycles. The summed E-state index contributed by atoms with van der Waals surface area (Å²) in [5.41, 5.74) is 1.90. The fourth-order valence-electron chi connectivity index (χ4n) is 1.32. The lowest BCUT2D eigenvalue weighted by Gasteiger charge is -2.08. The summed E-state index contributed by atoms with van der Waals surface area (Å²) < 4.78 is 5.32. The molecular formula is C10H7Cl2N5O3. The van der Waals surface area contributed by atoms with Crippen LogP contribution < -0.4 is 16.0 Å². The molecule has 10 heteroatoms. The highest BCUT2D eigenvalue weighted by molar-refractivity contribution is 6.31. The van der Waals surface area contributed by atoms with Crippen LogP contribution in [0.1, 0.15) is 0 Å². The molecule has 0 aliphatic rings. The Morgan fingerprint density at radius 3 is 2.80 bits per heavy atom. The molecule has 2 rings (SSSR count). The van der Waals surface area contributed by atoms with Crippen LogP contribution in [0.25, 0.3) is 0 Å². The van der Waals surface area contributed by atoms with Crippen LogP contribution in [0.15, 0.2) is 24.4 Å². The number of nitrogen functional groups attached to an aromatic ring is 1. The van der Waals surface area contributed by atoms with E-state index in [1.807, 2.05) is 0 Å². The van der Waals surface area contributed by atoms with Gasteiger partial charge in [-0.25, -0.2) is 10.8 Å². The Balaban J connectivity index is 2.42. The Hall–Kier alpha value is -2.16. The van der Waals surface area contributed by atoms with E-state index in [9.17, 15) is 10.1 Å². The van der Waals surface area contributed by atoms with E-state index >= 15 is 0 Å². The third-order valence-corrected chi connectivity index (χ3v) is 2.66. The first-order valence-corrected chi connectivity index (χ1v) is 5.88. The topological polar surface area (TPSA) is 116 Å². The number of halogens is 2. The van der Waals surface area contributed by atoms with Gasteiger partial charge in [0.1, 0.15) is 5.02 Å². The minimum atomic E-state index is -0.627. The van der Waals surface area contributed by atoms with Gasteiger partial charge in [-0.15, -0.1) is 0 Å². The second-order valence-electron chi connectivity index (χ2n) is 3.46. The molecule has 2 aromatic rings. The van der Waals surface area contributed by atoms with Crippen molar-refractivity contribution < 1.29 is 9.66 Å². The number of nitrogens with two attached hydrogens (primary N) is 1. The van der Waals surface area contributed by atoms with Crippen molar-refractivity contribution in [2.45, 2.75) is 0 Å². The smallest absolute Gasteiger partial charge is 0.313 e. The maximum absolute atomic E-state index is 10.9. The number of nitrogens with zero attached hydrogens (tertiary/aromatic N) is 3. The van der Waals surface area contributed by atoms with Gasteiger partial charge in [-0.05, 0) is 12.1 Å². The fraction of sp³-hybridized carbons (Fsp3) is 0. The van der Waals surface area contributed by atoms with Crippen molar-refractivity contribution in [1.82, 2.24) is 9.97 Å². The molecule has 3 N–H and O–H groups in total. The minimum absolute atomic E-state index is 0.0528. The molecular weight excluding hydrogens is 309 g/mol. The number of rotatable bonds is 4. The zero-order valence-electron chi connectivity index (χ0n) is 9.71. The summed E-state index contributed by atoms with van der Waals surface area (Å²) in [4.78, 5) is 17.9. The second kappa shape index (κ2) is 5.87. The largest absolute Gasteiger partial charge is 0.430 e. The maximum Gasteiger partial charge on any atom is 0.313 e. The van der Waals surface area contributed by atoms with E-state index in [-0.39, 0.29) is 33.3 Å². The van der Waals surface area contributed by atoms with Gasteiger partial charge in [0.2, 0.25) is 17.6 Å². The first-order valence-electron chi connectivity index (χ1n) is 5.12. The summed E-state index contributed by atoms with van der Waals surface area (Å²) in [5, 5.41) is 11.2. The number of nitro benzene ring substituents is 1.